The normalized spacial score (nSPS) is 23.0. The number of piperidine rings is 1. The molecule has 4 heterocycles. The van der Waals surface area contributed by atoms with Crippen LogP contribution in [0.5, 0.6) is 0 Å². The fourth-order valence-corrected chi connectivity index (χ4v) is 7.18. The van der Waals surface area contributed by atoms with E-state index in [-0.39, 0.29) is 48.3 Å². The number of benzene rings is 1. The Kier molecular flexibility index (Phi) is 8.18. The molecule has 8 nitrogen and oxygen atoms in total. The third-order valence-electron chi connectivity index (χ3n) is 7.99. The second-order valence-electron chi connectivity index (χ2n) is 11.0. The molecule has 0 radical (unpaired) electrons. The lowest BCUT2D eigenvalue weighted by Gasteiger charge is -2.40. The Labute approximate surface area is 236 Å². The molecule has 3 aromatic rings. The number of rotatable bonds is 6. The standard InChI is InChI=1S/C29H31F3N4O4S/c1-16-14-36(15-23(33)29(16)38)25-4-7-34-13-19(25)12-26(37)24-3-2-20(30)28(35-24)27-21(31)10-18(11-22(27)32)17-5-8-41(39,40)9-6-17/h2-4,7,10-11,13,16-17,23,29,38H,5-6,8-9,12,14-15,33H2,1H3/t16-,23+,29+/m0/s1. The number of pyridine rings is 2. The molecular weight excluding hydrogens is 557 g/mol. The summed E-state index contributed by atoms with van der Waals surface area (Å²) < 4.78 is 68.7. The lowest BCUT2D eigenvalue weighted by Crippen LogP contribution is -2.55. The summed E-state index contributed by atoms with van der Waals surface area (Å²) in [5.74, 6) is -4.15. The molecule has 2 aromatic heterocycles. The highest BCUT2D eigenvalue weighted by Gasteiger charge is 2.32. The number of nitrogens with two attached hydrogens (primary N) is 1. The quantitative estimate of drug-likeness (QED) is 0.420. The van der Waals surface area contributed by atoms with Gasteiger partial charge in [-0.05, 0) is 54.7 Å². The first-order valence-corrected chi connectivity index (χ1v) is 15.3. The molecule has 2 aliphatic rings. The molecule has 0 saturated carbocycles. The van der Waals surface area contributed by atoms with Crippen molar-refractivity contribution in [3.8, 4) is 11.3 Å². The Morgan fingerprint density at radius 2 is 1.76 bits per heavy atom. The van der Waals surface area contributed by atoms with Crippen molar-refractivity contribution in [2.45, 2.75) is 44.2 Å². The Hall–Kier alpha value is -3.35. The van der Waals surface area contributed by atoms with Crippen molar-refractivity contribution in [3.63, 3.8) is 0 Å². The maximum Gasteiger partial charge on any atom is 0.185 e. The molecule has 218 valence electrons. The summed E-state index contributed by atoms with van der Waals surface area (Å²) in [6.45, 7) is 2.78. The number of aromatic nitrogens is 2. The van der Waals surface area contributed by atoms with E-state index in [0.717, 1.165) is 18.2 Å². The second kappa shape index (κ2) is 11.5. The molecule has 0 aliphatic carbocycles. The van der Waals surface area contributed by atoms with Crippen LogP contribution in [0.1, 0.15) is 47.3 Å². The number of nitrogens with zero attached hydrogens (tertiary/aromatic N) is 3. The van der Waals surface area contributed by atoms with Crippen LogP contribution in [0, 0.1) is 23.4 Å². The van der Waals surface area contributed by atoms with Crippen molar-refractivity contribution < 1.29 is 31.5 Å². The van der Waals surface area contributed by atoms with Gasteiger partial charge < -0.3 is 15.7 Å². The summed E-state index contributed by atoms with van der Waals surface area (Å²) in [6, 6.07) is 5.56. The van der Waals surface area contributed by atoms with Crippen LogP contribution in [-0.2, 0) is 16.3 Å². The van der Waals surface area contributed by atoms with Gasteiger partial charge in [0, 0.05) is 55.1 Å². The molecule has 3 atom stereocenters. The molecule has 0 bridgehead atoms. The van der Waals surface area contributed by atoms with Crippen molar-refractivity contribution in [1.82, 2.24) is 9.97 Å². The maximum atomic E-state index is 15.2. The summed E-state index contributed by atoms with van der Waals surface area (Å²) >= 11 is 0. The Morgan fingerprint density at radius 1 is 1.07 bits per heavy atom. The number of sulfone groups is 1. The minimum Gasteiger partial charge on any atom is -0.391 e. The van der Waals surface area contributed by atoms with Gasteiger partial charge in [0.25, 0.3) is 0 Å². The molecule has 0 amide bonds. The monoisotopic (exact) mass is 588 g/mol. The Balaban J connectivity index is 1.40. The van der Waals surface area contributed by atoms with E-state index >= 15 is 8.78 Å². The van der Waals surface area contributed by atoms with Crippen LogP contribution in [-0.4, -0.2) is 66.0 Å². The predicted octanol–water partition coefficient (Wildman–Crippen LogP) is 3.42. The third-order valence-corrected chi connectivity index (χ3v) is 9.71. The maximum absolute atomic E-state index is 15.2. The minimum absolute atomic E-state index is 0.0623. The summed E-state index contributed by atoms with van der Waals surface area (Å²) in [6.07, 6.45) is 2.81. The summed E-state index contributed by atoms with van der Waals surface area (Å²) in [4.78, 5) is 23.4. The van der Waals surface area contributed by atoms with Gasteiger partial charge in [0.1, 0.15) is 38.7 Å². The number of aliphatic hydroxyl groups excluding tert-OH is 1. The van der Waals surface area contributed by atoms with Crippen molar-refractivity contribution >= 4 is 21.3 Å². The largest absolute Gasteiger partial charge is 0.391 e. The number of carbonyl (C=O) groups is 1. The Bertz CT molecular complexity index is 1540. The number of aliphatic hydroxyl groups is 1. The average Bonchev–Trinajstić information content (AvgIpc) is 2.92. The van der Waals surface area contributed by atoms with Crippen molar-refractivity contribution in [3.05, 3.63) is 77.0 Å². The summed E-state index contributed by atoms with van der Waals surface area (Å²) in [5, 5.41) is 10.2. The number of anilines is 1. The van der Waals surface area contributed by atoms with Gasteiger partial charge >= 0.3 is 0 Å². The highest BCUT2D eigenvalue weighted by molar-refractivity contribution is 7.91. The molecule has 2 aliphatic heterocycles. The van der Waals surface area contributed by atoms with Gasteiger partial charge in [0.15, 0.2) is 5.78 Å². The van der Waals surface area contributed by atoms with Crippen LogP contribution >= 0.6 is 0 Å². The van der Waals surface area contributed by atoms with E-state index < -0.39 is 56.5 Å². The highest BCUT2D eigenvalue weighted by atomic mass is 32.2. The van der Waals surface area contributed by atoms with Crippen molar-refractivity contribution in [2.75, 3.05) is 29.5 Å². The topological polar surface area (TPSA) is 126 Å². The number of hydrogen-bond donors (Lipinski definition) is 2. The number of hydrogen-bond acceptors (Lipinski definition) is 8. The van der Waals surface area contributed by atoms with E-state index in [1.807, 2.05) is 11.8 Å². The minimum atomic E-state index is -3.15. The summed E-state index contributed by atoms with van der Waals surface area (Å²) in [7, 11) is -3.15. The molecule has 2 fully saturated rings. The van der Waals surface area contributed by atoms with Gasteiger partial charge in [-0.3, -0.25) is 9.78 Å². The molecule has 2 saturated heterocycles. The van der Waals surface area contributed by atoms with Crippen LogP contribution < -0.4 is 10.6 Å². The first-order valence-electron chi connectivity index (χ1n) is 13.4. The van der Waals surface area contributed by atoms with Crippen LogP contribution in [0.25, 0.3) is 11.3 Å². The fourth-order valence-electron chi connectivity index (χ4n) is 5.69. The van der Waals surface area contributed by atoms with Gasteiger partial charge in [-0.2, -0.15) is 0 Å². The molecule has 0 spiro atoms. The zero-order valence-electron chi connectivity index (χ0n) is 22.4. The van der Waals surface area contributed by atoms with Crippen molar-refractivity contribution in [1.29, 1.82) is 0 Å². The first kappa shape index (κ1) is 29.2. The number of Topliss-reactive ketones (excluding diaryl/α,β-unsaturated/α-hetero) is 1. The summed E-state index contributed by atoms with van der Waals surface area (Å²) in [5.41, 5.74) is 6.20. The average molecular weight is 589 g/mol. The highest BCUT2D eigenvalue weighted by Crippen LogP contribution is 2.35. The molecule has 41 heavy (non-hydrogen) atoms. The molecule has 0 unspecified atom stereocenters. The molecule has 1 aromatic carbocycles. The van der Waals surface area contributed by atoms with E-state index in [4.69, 9.17) is 5.73 Å². The van der Waals surface area contributed by atoms with E-state index in [0.29, 0.717) is 29.9 Å². The lowest BCUT2D eigenvalue weighted by molar-refractivity contribution is 0.0784. The first-order chi connectivity index (χ1) is 19.4. The SMILES string of the molecule is C[C@H]1CN(c2ccncc2CC(=O)c2ccc(F)c(-c3c(F)cc(C4CCS(=O)(=O)CC4)cc3F)n2)C[C@@H](N)[C@@H]1O. The number of carbonyl (C=O) groups excluding carboxylic acids is 1. The Morgan fingerprint density at radius 3 is 2.41 bits per heavy atom. The van der Waals surface area contributed by atoms with Crippen LogP contribution in [0.4, 0.5) is 18.9 Å². The molecular formula is C29H31F3N4O4S. The van der Waals surface area contributed by atoms with Crippen LogP contribution in [0.15, 0.2) is 42.7 Å². The van der Waals surface area contributed by atoms with Gasteiger partial charge in [-0.1, -0.05) is 6.92 Å². The van der Waals surface area contributed by atoms with Gasteiger partial charge in [0.05, 0.1) is 23.2 Å². The van der Waals surface area contributed by atoms with Crippen LogP contribution in [0.2, 0.25) is 0 Å². The smallest absolute Gasteiger partial charge is 0.185 e. The van der Waals surface area contributed by atoms with Crippen LogP contribution in [0.3, 0.4) is 0 Å². The second-order valence-corrected chi connectivity index (χ2v) is 13.3. The van der Waals surface area contributed by atoms with Gasteiger partial charge in [-0.15, -0.1) is 0 Å². The van der Waals surface area contributed by atoms with E-state index in [2.05, 4.69) is 9.97 Å². The van der Waals surface area contributed by atoms with Crippen molar-refractivity contribution in [2.24, 2.45) is 11.7 Å². The zero-order valence-corrected chi connectivity index (χ0v) is 23.3. The van der Waals surface area contributed by atoms with E-state index in [1.54, 1.807) is 12.3 Å². The van der Waals surface area contributed by atoms with E-state index in [1.165, 1.54) is 12.3 Å². The lowest BCUT2D eigenvalue weighted by atomic mass is 9.91. The molecule has 5 rings (SSSR count). The number of halogens is 3. The third kappa shape index (κ3) is 6.14. The number of ketones is 1. The van der Waals surface area contributed by atoms with E-state index in [9.17, 15) is 22.7 Å². The predicted molar refractivity (Wildman–Crippen MR) is 148 cm³/mol. The van der Waals surface area contributed by atoms with Gasteiger partial charge in [-0.25, -0.2) is 26.6 Å². The fraction of sp³-hybridized carbons (Fsp3) is 0.414. The van der Waals surface area contributed by atoms with Gasteiger partial charge in [0.2, 0.25) is 0 Å². The molecule has 3 N–H and O–H groups in total. The molecule has 12 heteroatoms. The zero-order chi connectivity index (χ0) is 29.5.